The third kappa shape index (κ3) is 2.62. The molecule has 0 unspecified atom stereocenters. The predicted octanol–water partition coefficient (Wildman–Crippen LogP) is 2.03. The summed E-state index contributed by atoms with van der Waals surface area (Å²) in [4.78, 5) is 11.4. The van der Waals surface area contributed by atoms with Crippen molar-refractivity contribution in [1.29, 1.82) is 0 Å². The molecule has 1 aromatic carbocycles. The number of methoxy groups -OCH3 is 1. The molecular formula is C10H11BrO4S. The molecule has 0 radical (unpaired) electrons. The minimum atomic E-state index is -3.44. The number of hydrogen-bond acceptors (Lipinski definition) is 4. The van der Waals surface area contributed by atoms with Crippen molar-refractivity contribution in [2.24, 2.45) is 0 Å². The van der Waals surface area contributed by atoms with Crippen molar-refractivity contribution >= 4 is 31.7 Å². The number of rotatable bonds is 3. The molecule has 0 amide bonds. The molecule has 0 aliphatic rings. The average Bonchev–Trinajstić information content (AvgIpc) is 2.28. The molecule has 0 N–H and O–H groups in total. The molecule has 16 heavy (non-hydrogen) atoms. The van der Waals surface area contributed by atoms with Crippen molar-refractivity contribution in [1.82, 2.24) is 0 Å². The Morgan fingerprint density at radius 3 is 2.56 bits per heavy atom. The molecule has 0 fully saturated rings. The minimum Gasteiger partial charge on any atom is -0.465 e. The second-order valence-electron chi connectivity index (χ2n) is 3.04. The zero-order valence-corrected chi connectivity index (χ0v) is 11.3. The van der Waals surface area contributed by atoms with Gasteiger partial charge < -0.3 is 4.74 Å². The molecule has 1 aromatic rings. The van der Waals surface area contributed by atoms with Gasteiger partial charge in [0.1, 0.15) is 0 Å². The lowest BCUT2D eigenvalue weighted by molar-refractivity contribution is 0.0596. The number of hydrogen-bond donors (Lipinski definition) is 0. The van der Waals surface area contributed by atoms with Gasteiger partial charge in [-0.1, -0.05) is 22.9 Å². The molecule has 0 atom stereocenters. The van der Waals surface area contributed by atoms with Crippen LogP contribution in [-0.4, -0.2) is 27.2 Å². The molecule has 6 heteroatoms. The minimum absolute atomic E-state index is 0.00350. The Labute approximate surface area is 103 Å². The average molecular weight is 307 g/mol. The summed E-state index contributed by atoms with van der Waals surface area (Å²) in [6.45, 7) is 1.53. The standard InChI is InChI=1S/C10H11BrO4S/c1-3-16(13,14)9-6-7(11)4-5-8(9)10(12)15-2/h4-6H,3H2,1-2H3. The summed E-state index contributed by atoms with van der Waals surface area (Å²) >= 11 is 3.17. The summed E-state index contributed by atoms with van der Waals surface area (Å²) in [5.41, 5.74) is 0.0625. The van der Waals surface area contributed by atoms with Gasteiger partial charge in [0.15, 0.2) is 9.84 Å². The van der Waals surface area contributed by atoms with Crippen molar-refractivity contribution < 1.29 is 17.9 Å². The summed E-state index contributed by atoms with van der Waals surface area (Å²) in [5.74, 6) is -0.715. The van der Waals surface area contributed by atoms with Gasteiger partial charge >= 0.3 is 5.97 Å². The molecule has 1 rings (SSSR count). The van der Waals surface area contributed by atoms with Crippen molar-refractivity contribution in [2.45, 2.75) is 11.8 Å². The summed E-state index contributed by atoms with van der Waals surface area (Å²) in [5, 5.41) is 0. The highest BCUT2D eigenvalue weighted by molar-refractivity contribution is 9.10. The SMILES string of the molecule is CCS(=O)(=O)c1cc(Br)ccc1C(=O)OC. The molecular weight excluding hydrogens is 296 g/mol. The van der Waals surface area contributed by atoms with E-state index in [2.05, 4.69) is 20.7 Å². The lowest BCUT2D eigenvalue weighted by Gasteiger charge is -2.07. The van der Waals surface area contributed by atoms with Gasteiger partial charge in [0.25, 0.3) is 0 Å². The van der Waals surface area contributed by atoms with Crippen LogP contribution < -0.4 is 0 Å². The first-order valence-corrected chi connectivity index (χ1v) is 6.97. The van der Waals surface area contributed by atoms with Crippen LogP contribution in [0.4, 0.5) is 0 Å². The number of benzene rings is 1. The zero-order chi connectivity index (χ0) is 12.3. The summed E-state index contributed by atoms with van der Waals surface area (Å²) in [6.07, 6.45) is 0. The van der Waals surface area contributed by atoms with Crippen molar-refractivity contribution in [3.63, 3.8) is 0 Å². The Kier molecular flexibility index (Phi) is 4.09. The van der Waals surface area contributed by atoms with Gasteiger partial charge in [-0.25, -0.2) is 13.2 Å². The molecule has 0 aliphatic heterocycles. The highest BCUT2D eigenvalue weighted by Crippen LogP contribution is 2.22. The van der Waals surface area contributed by atoms with E-state index in [9.17, 15) is 13.2 Å². The quantitative estimate of drug-likeness (QED) is 0.802. The van der Waals surface area contributed by atoms with E-state index in [4.69, 9.17) is 0 Å². The number of ether oxygens (including phenoxy) is 1. The molecule has 0 bridgehead atoms. The Morgan fingerprint density at radius 1 is 1.44 bits per heavy atom. The van der Waals surface area contributed by atoms with Gasteiger partial charge in [0.05, 0.1) is 23.3 Å². The topological polar surface area (TPSA) is 60.4 Å². The van der Waals surface area contributed by atoms with E-state index in [0.29, 0.717) is 4.47 Å². The van der Waals surface area contributed by atoms with E-state index in [-0.39, 0.29) is 16.2 Å². The number of carbonyl (C=O) groups is 1. The summed E-state index contributed by atoms with van der Waals surface area (Å²) in [6, 6.07) is 4.43. The second kappa shape index (κ2) is 4.97. The van der Waals surface area contributed by atoms with Crippen LogP contribution >= 0.6 is 15.9 Å². The van der Waals surface area contributed by atoms with Crippen LogP contribution in [0.2, 0.25) is 0 Å². The summed E-state index contributed by atoms with van der Waals surface area (Å²) < 4.78 is 28.7. The van der Waals surface area contributed by atoms with E-state index >= 15 is 0 Å². The second-order valence-corrected chi connectivity index (χ2v) is 6.20. The van der Waals surface area contributed by atoms with E-state index in [1.807, 2.05) is 0 Å². The first kappa shape index (κ1) is 13.2. The van der Waals surface area contributed by atoms with Gasteiger partial charge in [0.2, 0.25) is 0 Å². The van der Waals surface area contributed by atoms with Crippen LogP contribution in [0.15, 0.2) is 27.6 Å². The Hall–Kier alpha value is -0.880. The fourth-order valence-corrected chi connectivity index (χ4v) is 2.80. The van der Waals surface area contributed by atoms with E-state index in [1.165, 1.54) is 26.2 Å². The first-order valence-electron chi connectivity index (χ1n) is 4.53. The highest BCUT2D eigenvalue weighted by Gasteiger charge is 2.21. The third-order valence-corrected chi connectivity index (χ3v) is 4.33. The third-order valence-electron chi connectivity index (χ3n) is 2.06. The van der Waals surface area contributed by atoms with E-state index < -0.39 is 15.8 Å². The van der Waals surface area contributed by atoms with Gasteiger partial charge in [-0.05, 0) is 18.2 Å². The number of carbonyl (C=O) groups excluding carboxylic acids is 1. The maximum absolute atomic E-state index is 11.8. The molecule has 0 spiro atoms. The maximum atomic E-state index is 11.8. The van der Waals surface area contributed by atoms with Crippen LogP contribution in [0.25, 0.3) is 0 Å². The zero-order valence-electron chi connectivity index (χ0n) is 8.86. The predicted molar refractivity (Wildman–Crippen MR) is 63.2 cm³/mol. The van der Waals surface area contributed by atoms with Crippen LogP contribution in [0.3, 0.4) is 0 Å². The largest absolute Gasteiger partial charge is 0.465 e. The smallest absolute Gasteiger partial charge is 0.339 e. The van der Waals surface area contributed by atoms with Crippen molar-refractivity contribution in [2.75, 3.05) is 12.9 Å². The molecule has 0 aliphatic carbocycles. The fraction of sp³-hybridized carbons (Fsp3) is 0.300. The Morgan fingerprint density at radius 2 is 2.06 bits per heavy atom. The van der Waals surface area contributed by atoms with E-state index in [1.54, 1.807) is 6.07 Å². The van der Waals surface area contributed by atoms with Crippen molar-refractivity contribution in [3.8, 4) is 0 Å². The Bertz CT molecular complexity index is 508. The molecule has 0 saturated carbocycles. The van der Waals surface area contributed by atoms with Gasteiger partial charge in [-0.3, -0.25) is 0 Å². The van der Waals surface area contributed by atoms with Gasteiger partial charge in [-0.15, -0.1) is 0 Å². The molecule has 0 aromatic heterocycles. The number of halogens is 1. The van der Waals surface area contributed by atoms with E-state index in [0.717, 1.165) is 0 Å². The monoisotopic (exact) mass is 306 g/mol. The first-order chi connectivity index (χ1) is 7.42. The lowest BCUT2D eigenvalue weighted by Crippen LogP contribution is -2.12. The number of sulfone groups is 1. The maximum Gasteiger partial charge on any atom is 0.339 e. The molecule has 4 nitrogen and oxygen atoms in total. The molecule has 0 saturated heterocycles. The summed E-state index contributed by atoms with van der Waals surface area (Å²) in [7, 11) is -2.22. The lowest BCUT2D eigenvalue weighted by atomic mass is 10.2. The van der Waals surface area contributed by atoms with Crippen LogP contribution in [0, 0.1) is 0 Å². The van der Waals surface area contributed by atoms with Gasteiger partial charge in [0, 0.05) is 4.47 Å². The fourth-order valence-electron chi connectivity index (χ4n) is 1.19. The molecule has 88 valence electrons. The van der Waals surface area contributed by atoms with Crippen molar-refractivity contribution in [3.05, 3.63) is 28.2 Å². The van der Waals surface area contributed by atoms with Crippen LogP contribution in [0.5, 0.6) is 0 Å². The normalized spacial score (nSPS) is 11.2. The number of esters is 1. The molecule has 0 heterocycles. The van der Waals surface area contributed by atoms with Crippen LogP contribution in [0.1, 0.15) is 17.3 Å². The van der Waals surface area contributed by atoms with Gasteiger partial charge in [-0.2, -0.15) is 0 Å². The van der Waals surface area contributed by atoms with Crippen LogP contribution in [-0.2, 0) is 14.6 Å². The highest BCUT2D eigenvalue weighted by atomic mass is 79.9. The Balaban J connectivity index is 3.47.